The average molecular weight is 311 g/mol. The minimum Gasteiger partial charge on any atom is -0.481 e. The minimum absolute atomic E-state index is 0.271. The number of benzene rings is 1. The van der Waals surface area contributed by atoms with Gasteiger partial charge in [-0.2, -0.15) is 5.10 Å². The van der Waals surface area contributed by atoms with Gasteiger partial charge < -0.3 is 4.74 Å². The second kappa shape index (κ2) is 8.03. The first-order valence-electron chi connectivity index (χ1n) is 7.05. The maximum atomic E-state index is 11.9. The van der Waals surface area contributed by atoms with Gasteiger partial charge in [0.1, 0.15) is 5.75 Å². The Bertz CT molecular complexity index is 527. The molecule has 21 heavy (non-hydrogen) atoms. The standard InChI is InChI=1S/C16H23ClN2O2/c1-10(2)8-12(4)18-19-16(20)13(5)21-15-7-6-14(17)9-11(15)3/h6-7,9-10,13H,8H2,1-5H3,(H,19,20). The summed E-state index contributed by atoms with van der Waals surface area (Å²) in [7, 11) is 0. The van der Waals surface area contributed by atoms with Gasteiger partial charge in [0.05, 0.1) is 0 Å². The lowest BCUT2D eigenvalue weighted by Crippen LogP contribution is -2.34. The van der Waals surface area contributed by atoms with Crippen LogP contribution in [-0.2, 0) is 4.79 Å². The smallest absolute Gasteiger partial charge is 0.280 e. The molecule has 0 heterocycles. The Labute approximate surface area is 131 Å². The monoisotopic (exact) mass is 310 g/mol. The van der Waals surface area contributed by atoms with E-state index in [4.69, 9.17) is 16.3 Å². The zero-order valence-corrected chi connectivity index (χ0v) is 14.0. The van der Waals surface area contributed by atoms with E-state index < -0.39 is 6.10 Å². The van der Waals surface area contributed by atoms with Gasteiger partial charge in [0.2, 0.25) is 0 Å². The minimum atomic E-state index is -0.625. The Morgan fingerprint density at radius 3 is 2.62 bits per heavy atom. The number of ether oxygens (including phenoxy) is 1. The number of carbonyl (C=O) groups excluding carboxylic acids is 1. The summed E-state index contributed by atoms with van der Waals surface area (Å²) >= 11 is 5.89. The maximum Gasteiger partial charge on any atom is 0.280 e. The fraction of sp³-hybridized carbons (Fsp3) is 0.500. The Kier molecular flexibility index (Phi) is 6.69. The molecule has 116 valence electrons. The molecule has 0 bridgehead atoms. The van der Waals surface area contributed by atoms with Crippen LogP contribution in [0.25, 0.3) is 0 Å². The molecule has 0 aromatic heterocycles. The Hall–Kier alpha value is -1.55. The van der Waals surface area contributed by atoms with Gasteiger partial charge >= 0.3 is 0 Å². The summed E-state index contributed by atoms with van der Waals surface area (Å²) in [4.78, 5) is 11.9. The molecule has 4 nitrogen and oxygen atoms in total. The van der Waals surface area contributed by atoms with Crippen molar-refractivity contribution in [2.24, 2.45) is 11.0 Å². The summed E-state index contributed by atoms with van der Waals surface area (Å²) in [5.41, 5.74) is 4.32. The van der Waals surface area contributed by atoms with E-state index in [1.165, 1.54) is 0 Å². The number of hydrazone groups is 1. The first-order valence-corrected chi connectivity index (χ1v) is 7.43. The molecule has 0 fully saturated rings. The van der Waals surface area contributed by atoms with Crippen molar-refractivity contribution in [3.05, 3.63) is 28.8 Å². The van der Waals surface area contributed by atoms with Crippen LogP contribution in [0, 0.1) is 12.8 Å². The van der Waals surface area contributed by atoms with E-state index in [0.717, 1.165) is 17.7 Å². The van der Waals surface area contributed by atoms with Crippen LogP contribution in [0.1, 0.15) is 39.7 Å². The molecule has 0 aliphatic carbocycles. The number of nitrogens with zero attached hydrogens (tertiary/aromatic N) is 1. The van der Waals surface area contributed by atoms with E-state index in [1.807, 2.05) is 13.8 Å². The van der Waals surface area contributed by atoms with E-state index in [2.05, 4.69) is 24.4 Å². The summed E-state index contributed by atoms with van der Waals surface area (Å²) in [6.45, 7) is 9.69. The summed E-state index contributed by atoms with van der Waals surface area (Å²) in [6.07, 6.45) is 0.228. The van der Waals surface area contributed by atoms with Crippen molar-refractivity contribution in [2.75, 3.05) is 0 Å². The molecule has 0 aliphatic rings. The van der Waals surface area contributed by atoms with Gasteiger partial charge in [-0.1, -0.05) is 25.4 Å². The van der Waals surface area contributed by atoms with E-state index in [0.29, 0.717) is 16.7 Å². The molecule has 0 saturated carbocycles. The van der Waals surface area contributed by atoms with Crippen molar-refractivity contribution in [2.45, 2.75) is 47.1 Å². The van der Waals surface area contributed by atoms with Gasteiger partial charge in [-0.3, -0.25) is 4.79 Å². The van der Waals surface area contributed by atoms with Crippen LogP contribution in [0.2, 0.25) is 5.02 Å². The number of hydrogen-bond donors (Lipinski definition) is 1. The van der Waals surface area contributed by atoms with Crippen LogP contribution < -0.4 is 10.2 Å². The topological polar surface area (TPSA) is 50.7 Å². The van der Waals surface area contributed by atoms with Crippen molar-refractivity contribution in [3.63, 3.8) is 0 Å². The lowest BCUT2D eigenvalue weighted by Gasteiger charge is -2.15. The second-order valence-electron chi connectivity index (χ2n) is 5.59. The van der Waals surface area contributed by atoms with Crippen LogP contribution >= 0.6 is 11.6 Å². The number of amides is 1. The number of nitrogens with one attached hydrogen (secondary N) is 1. The molecule has 1 amide bonds. The zero-order chi connectivity index (χ0) is 16.0. The molecular formula is C16H23ClN2O2. The summed E-state index contributed by atoms with van der Waals surface area (Å²) < 4.78 is 5.64. The molecule has 0 aliphatic heterocycles. The molecule has 1 aromatic rings. The SMILES string of the molecule is CC(CC(C)C)=NNC(=O)C(C)Oc1ccc(Cl)cc1C. The predicted octanol–water partition coefficient (Wildman–Crippen LogP) is 3.95. The van der Waals surface area contributed by atoms with Crippen molar-refractivity contribution < 1.29 is 9.53 Å². The Morgan fingerprint density at radius 1 is 1.38 bits per heavy atom. The summed E-state index contributed by atoms with van der Waals surface area (Å²) in [6, 6.07) is 5.29. The van der Waals surface area contributed by atoms with Gasteiger partial charge in [-0.25, -0.2) is 5.43 Å². The number of rotatable bonds is 6. The highest BCUT2D eigenvalue weighted by Crippen LogP contribution is 2.22. The Morgan fingerprint density at radius 2 is 2.05 bits per heavy atom. The number of aryl methyl sites for hydroxylation is 1. The van der Waals surface area contributed by atoms with Crippen LogP contribution in [0.3, 0.4) is 0 Å². The molecular weight excluding hydrogens is 288 g/mol. The third-order valence-electron chi connectivity index (χ3n) is 2.87. The van der Waals surface area contributed by atoms with Gasteiger partial charge in [0.25, 0.3) is 5.91 Å². The second-order valence-corrected chi connectivity index (χ2v) is 6.03. The van der Waals surface area contributed by atoms with E-state index in [9.17, 15) is 4.79 Å². The average Bonchev–Trinajstić information content (AvgIpc) is 2.38. The first-order chi connectivity index (χ1) is 9.79. The zero-order valence-electron chi connectivity index (χ0n) is 13.2. The quantitative estimate of drug-likeness (QED) is 0.639. The number of hydrogen-bond acceptors (Lipinski definition) is 3. The molecule has 0 saturated heterocycles. The van der Waals surface area contributed by atoms with E-state index in [1.54, 1.807) is 25.1 Å². The van der Waals surface area contributed by atoms with Crippen LogP contribution in [0.5, 0.6) is 5.75 Å². The third kappa shape index (κ3) is 6.17. The highest BCUT2D eigenvalue weighted by atomic mass is 35.5. The molecule has 1 atom stereocenters. The fourth-order valence-corrected chi connectivity index (χ4v) is 2.09. The van der Waals surface area contributed by atoms with Gasteiger partial charge in [0, 0.05) is 10.7 Å². The predicted molar refractivity (Wildman–Crippen MR) is 87.0 cm³/mol. The maximum absolute atomic E-state index is 11.9. The molecule has 1 rings (SSSR count). The molecule has 1 aromatic carbocycles. The van der Waals surface area contributed by atoms with Crippen LogP contribution in [0.4, 0.5) is 0 Å². The first kappa shape index (κ1) is 17.5. The summed E-state index contributed by atoms with van der Waals surface area (Å²) in [5.74, 6) is 0.883. The Balaban J connectivity index is 2.58. The van der Waals surface area contributed by atoms with Gasteiger partial charge in [-0.15, -0.1) is 0 Å². The fourth-order valence-electron chi connectivity index (χ4n) is 1.87. The summed E-state index contributed by atoms with van der Waals surface area (Å²) in [5, 5.41) is 4.72. The van der Waals surface area contributed by atoms with Crippen molar-refractivity contribution in [1.29, 1.82) is 0 Å². The number of carbonyl (C=O) groups is 1. The van der Waals surface area contributed by atoms with Crippen LogP contribution in [-0.4, -0.2) is 17.7 Å². The molecule has 0 radical (unpaired) electrons. The van der Waals surface area contributed by atoms with Gasteiger partial charge in [0.15, 0.2) is 6.10 Å². The largest absolute Gasteiger partial charge is 0.481 e. The van der Waals surface area contributed by atoms with Crippen molar-refractivity contribution in [1.82, 2.24) is 5.43 Å². The van der Waals surface area contributed by atoms with E-state index in [-0.39, 0.29) is 5.91 Å². The van der Waals surface area contributed by atoms with E-state index >= 15 is 0 Å². The van der Waals surface area contributed by atoms with Crippen molar-refractivity contribution >= 4 is 23.2 Å². The molecule has 1 N–H and O–H groups in total. The van der Waals surface area contributed by atoms with Crippen molar-refractivity contribution in [3.8, 4) is 5.75 Å². The third-order valence-corrected chi connectivity index (χ3v) is 3.11. The molecule has 1 unspecified atom stereocenters. The van der Waals surface area contributed by atoms with Gasteiger partial charge in [-0.05, 0) is 56.9 Å². The normalized spacial score (nSPS) is 13.2. The van der Waals surface area contributed by atoms with Crippen LogP contribution in [0.15, 0.2) is 23.3 Å². The lowest BCUT2D eigenvalue weighted by atomic mass is 10.1. The lowest BCUT2D eigenvalue weighted by molar-refractivity contribution is -0.127. The highest BCUT2D eigenvalue weighted by molar-refractivity contribution is 6.30. The molecule has 0 spiro atoms. The highest BCUT2D eigenvalue weighted by Gasteiger charge is 2.15. The number of halogens is 1. The molecule has 5 heteroatoms.